The van der Waals surface area contributed by atoms with Crippen LogP contribution in [0.3, 0.4) is 0 Å². The predicted octanol–water partition coefficient (Wildman–Crippen LogP) is 1.71. The number of fused-ring (bicyclic) bond motifs is 2. The SMILES string of the molecule is O=C(c1cc2c(s1)CCC2)N1CC[NH+](Cc2ccc3c(c2)CCO3)CC1. The normalized spacial score (nSPS) is 19.3. The number of amides is 1. The van der Waals surface area contributed by atoms with Crippen molar-refractivity contribution in [2.75, 3.05) is 32.8 Å². The van der Waals surface area contributed by atoms with Crippen LogP contribution in [0.1, 0.15) is 37.7 Å². The molecule has 1 aliphatic carbocycles. The molecule has 4 nitrogen and oxygen atoms in total. The molecular formula is C21H25N2O2S+. The number of thiophene rings is 1. The van der Waals surface area contributed by atoms with Crippen molar-refractivity contribution in [1.82, 2.24) is 4.90 Å². The lowest BCUT2D eigenvalue weighted by Gasteiger charge is -2.32. The summed E-state index contributed by atoms with van der Waals surface area (Å²) in [6.07, 6.45) is 4.61. The second-order valence-electron chi connectivity index (χ2n) is 7.67. The van der Waals surface area contributed by atoms with E-state index >= 15 is 0 Å². The molecule has 0 radical (unpaired) electrons. The lowest BCUT2D eigenvalue weighted by molar-refractivity contribution is -0.917. The van der Waals surface area contributed by atoms with Crippen molar-refractivity contribution in [2.45, 2.75) is 32.2 Å². The minimum atomic E-state index is 0.248. The summed E-state index contributed by atoms with van der Waals surface area (Å²) >= 11 is 1.73. The van der Waals surface area contributed by atoms with Gasteiger partial charge in [0.2, 0.25) is 0 Å². The fourth-order valence-corrected chi connectivity index (χ4v) is 5.65. The number of piperazine rings is 1. The largest absolute Gasteiger partial charge is 0.493 e. The second kappa shape index (κ2) is 6.71. The van der Waals surface area contributed by atoms with Crippen molar-refractivity contribution < 1.29 is 14.4 Å². The van der Waals surface area contributed by atoms with Crippen LogP contribution in [0.2, 0.25) is 0 Å². The Labute approximate surface area is 158 Å². The molecule has 2 aliphatic heterocycles. The van der Waals surface area contributed by atoms with Crippen molar-refractivity contribution >= 4 is 17.2 Å². The van der Waals surface area contributed by atoms with E-state index in [0.29, 0.717) is 0 Å². The Morgan fingerprint density at radius 2 is 2.00 bits per heavy atom. The second-order valence-corrected chi connectivity index (χ2v) is 8.81. The van der Waals surface area contributed by atoms with E-state index in [0.717, 1.165) is 69.2 Å². The van der Waals surface area contributed by atoms with E-state index in [4.69, 9.17) is 4.74 Å². The van der Waals surface area contributed by atoms with Crippen molar-refractivity contribution in [3.8, 4) is 5.75 Å². The molecule has 5 heteroatoms. The van der Waals surface area contributed by atoms with Crippen molar-refractivity contribution in [2.24, 2.45) is 0 Å². The molecule has 0 unspecified atom stereocenters. The third kappa shape index (κ3) is 3.03. The quantitative estimate of drug-likeness (QED) is 0.894. The maximum absolute atomic E-state index is 12.8. The number of aryl methyl sites for hydroxylation is 2. The summed E-state index contributed by atoms with van der Waals surface area (Å²) in [4.78, 5) is 18.8. The summed E-state index contributed by atoms with van der Waals surface area (Å²) in [5.74, 6) is 1.31. The summed E-state index contributed by atoms with van der Waals surface area (Å²) in [6, 6.07) is 8.77. The van der Waals surface area contributed by atoms with E-state index in [1.807, 2.05) is 0 Å². The van der Waals surface area contributed by atoms with Gasteiger partial charge < -0.3 is 14.5 Å². The van der Waals surface area contributed by atoms with Crippen LogP contribution in [-0.2, 0) is 25.8 Å². The number of ether oxygens (including phenoxy) is 1. The molecule has 2 aromatic rings. The highest BCUT2D eigenvalue weighted by Gasteiger charge is 2.27. The van der Waals surface area contributed by atoms with Gasteiger partial charge in [-0.25, -0.2) is 0 Å². The highest BCUT2D eigenvalue weighted by molar-refractivity contribution is 7.14. The lowest BCUT2D eigenvalue weighted by atomic mass is 10.1. The molecule has 1 N–H and O–H groups in total. The molecule has 0 atom stereocenters. The molecule has 0 bridgehead atoms. The summed E-state index contributed by atoms with van der Waals surface area (Å²) in [5.41, 5.74) is 4.16. The van der Waals surface area contributed by atoms with Gasteiger partial charge in [-0.2, -0.15) is 0 Å². The van der Waals surface area contributed by atoms with E-state index in [2.05, 4.69) is 29.2 Å². The average molecular weight is 370 g/mol. The first-order chi connectivity index (χ1) is 12.8. The van der Waals surface area contributed by atoms with E-state index in [-0.39, 0.29) is 5.91 Å². The molecule has 1 aromatic heterocycles. The highest BCUT2D eigenvalue weighted by atomic mass is 32.1. The summed E-state index contributed by atoms with van der Waals surface area (Å²) < 4.78 is 5.60. The Hall–Kier alpha value is -1.85. The van der Waals surface area contributed by atoms with Crippen molar-refractivity contribution in [3.63, 3.8) is 0 Å². The third-order valence-corrected chi connectivity index (χ3v) is 7.15. The molecule has 3 aliphatic rings. The fourth-order valence-electron chi connectivity index (χ4n) is 4.43. The van der Waals surface area contributed by atoms with Crippen LogP contribution in [0.4, 0.5) is 0 Å². The number of nitrogens with zero attached hydrogens (tertiary/aromatic N) is 1. The van der Waals surface area contributed by atoms with Gasteiger partial charge in [-0.1, -0.05) is 0 Å². The first-order valence-corrected chi connectivity index (χ1v) is 10.6. The number of nitrogens with one attached hydrogen (secondary N) is 1. The lowest BCUT2D eigenvalue weighted by Crippen LogP contribution is -3.13. The number of hydrogen-bond donors (Lipinski definition) is 1. The Kier molecular flexibility index (Phi) is 4.21. The molecule has 3 heterocycles. The Morgan fingerprint density at radius 3 is 2.85 bits per heavy atom. The number of carbonyl (C=O) groups is 1. The van der Waals surface area contributed by atoms with Crippen molar-refractivity contribution in [3.05, 3.63) is 50.7 Å². The number of hydrogen-bond acceptors (Lipinski definition) is 3. The predicted molar refractivity (Wildman–Crippen MR) is 102 cm³/mol. The Morgan fingerprint density at radius 1 is 1.12 bits per heavy atom. The average Bonchev–Trinajstić information content (AvgIpc) is 3.37. The van der Waals surface area contributed by atoms with Gasteiger partial charge in [0, 0.05) is 16.9 Å². The molecule has 1 fully saturated rings. The van der Waals surface area contributed by atoms with Gasteiger partial charge in [0.05, 0.1) is 37.7 Å². The smallest absolute Gasteiger partial charge is 0.264 e. The van der Waals surface area contributed by atoms with Crippen molar-refractivity contribution in [1.29, 1.82) is 0 Å². The highest BCUT2D eigenvalue weighted by Crippen LogP contribution is 2.31. The molecule has 1 amide bonds. The minimum absolute atomic E-state index is 0.248. The van der Waals surface area contributed by atoms with Crippen LogP contribution < -0.4 is 9.64 Å². The first kappa shape index (κ1) is 16.3. The van der Waals surface area contributed by atoms with Crippen LogP contribution in [-0.4, -0.2) is 43.6 Å². The molecule has 26 heavy (non-hydrogen) atoms. The molecule has 0 saturated carbocycles. The summed E-state index contributed by atoms with van der Waals surface area (Å²) in [6.45, 7) is 5.66. The third-order valence-electron chi connectivity index (χ3n) is 5.92. The van der Waals surface area contributed by atoms with E-state index in [1.54, 1.807) is 16.2 Å². The van der Waals surface area contributed by atoms with E-state index in [9.17, 15) is 4.79 Å². The van der Waals surface area contributed by atoms with Crippen LogP contribution in [0.5, 0.6) is 5.75 Å². The number of quaternary nitrogens is 1. The van der Waals surface area contributed by atoms with Crippen LogP contribution in [0.25, 0.3) is 0 Å². The molecule has 1 aromatic carbocycles. The molecule has 0 spiro atoms. The Bertz CT molecular complexity index is 815. The van der Waals surface area contributed by atoms with E-state index < -0.39 is 0 Å². The first-order valence-electron chi connectivity index (χ1n) is 9.75. The Balaban J connectivity index is 1.18. The standard InChI is InChI=1S/C21H24N2O2S/c24-21(20-13-17-2-1-3-19(17)26-20)23-9-7-22(8-10-23)14-15-4-5-18-16(12-15)6-11-25-18/h4-5,12-13H,1-3,6-11,14H2/p+1. The van der Waals surface area contributed by atoms with Gasteiger partial charge in [-0.05, 0) is 54.7 Å². The van der Waals surface area contributed by atoms with Gasteiger partial charge in [-0.15, -0.1) is 11.3 Å². The van der Waals surface area contributed by atoms with Crippen LogP contribution >= 0.6 is 11.3 Å². The molecule has 136 valence electrons. The summed E-state index contributed by atoms with van der Waals surface area (Å²) in [7, 11) is 0. The zero-order valence-electron chi connectivity index (χ0n) is 15.1. The number of carbonyl (C=O) groups excluding carboxylic acids is 1. The zero-order valence-corrected chi connectivity index (χ0v) is 15.9. The topological polar surface area (TPSA) is 34.0 Å². The molecule has 1 saturated heterocycles. The maximum atomic E-state index is 12.8. The van der Waals surface area contributed by atoms with Crippen LogP contribution in [0.15, 0.2) is 24.3 Å². The van der Waals surface area contributed by atoms with Gasteiger partial charge in [0.15, 0.2) is 0 Å². The van der Waals surface area contributed by atoms with Gasteiger partial charge in [0.1, 0.15) is 12.3 Å². The van der Waals surface area contributed by atoms with Gasteiger partial charge >= 0.3 is 0 Å². The van der Waals surface area contributed by atoms with Crippen LogP contribution in [0, 0.1) is 0 Å². The molecular weight excluding hydrogens is 344 g/mol. The molecule has 5 rings (SSSR count). The fraction of sp³-hybridized carbons (Fsp3) is 0.476. The maximum Gasteiger partial charge on any atom is 0.264 e. The summed E-state index contributed by atoms with van der Waals surface area (Å²) in [5, 5.41) is 0. The van der Waals surface area contributed by atoms with E-state index in [1.165, 1.54) is 28.0 Å². The number of rotatable bonds is 3. The zero-order chi connectivity index (χ0) is 17.5. The van der Waals surface area contributed by atoms with Gasteiger partial charge in [-0.3, -0.25) is 4.79 Å². The number of benzene rings is 1. The minimum Gasteiger partial charge on any atom is -0.493 e. The van der Waals surface area contributed by atoms with Gasteiger partial charge in [0.25, 0.3) is 5.91 Å². The monoisotopic (exact) mass is 369 g/mol.